The molecule has 0 radical (unpaired) electrons. The van der Waals surface area contributed by atoms with Crippen molar-refractivity contribution in [3.05, 3.63) is 34.5 Å². The molecule has 0 bridgehead atoms. The molecule has 1 aromatic heterocycles. The molecular formula is C15H20N2. The lowest BCUT2D eigenvalue weighted by Crippen LogP contribution is -2.29. The van der Waals surface area contributed by atoms with Crippen LogP contribution in [0.25, 0.3) is 10.9 Å². The molecule has 0 saturated heterocycles. The van der Waals surface area contributed by atoms with E-state index >= 15 is 0 Å². The fourth-order valence-electron chi connectivity index (χ4n) is 2.97. The van der Waals surface area contributed by atoms with Crippen LogP contribution in [0.4, 0.5) is 0 Å². The van der Waals surface area contributed by atoms with Crippen molar-refractivity contribution in [2.75, 3.05) is 13.1 Å². The number of aromatic amines is 1. The second-order valence-electron chi connectivity index (χ2n) is 5.15. The average Bonchev–Trinajstić information content (AvgIpc) is 2.73. The van der Waals surface area contributed by atoms with Gasteiger partial charge in [-0.15, -0.1) is 0 Å². The zero-order valence-corrected chi connectivity index (χ0v) is 10.9. The SMILES string of the molecule is CCN1CCc2[nH]c3c(C)ccc(C)c3c2C1. The molecule has 0 spiro atoms. The van der Waals surface area contributed by atoms with Gasteiger partial charge in [0.25, 0.3) is 0 Å². The van der Waals surface area contributed by atoms with E-state index in [1.807, 2.05) is 0 Å². The number of fused-ring (bicyclic) bond motifs is 3. The number of likely N-dealkylation sites (N-methyl/N-ethyl adjacent to an activating group) is 1. The molecule has 0 aliphatic carbocycles. The van der Waals surface area contributed by atoms with Gasteiger partial charge in [-0.2, -0.15) is 0 Å². The molecule has 1 aromatic carbocycles. The van der Waals surface area contributed by atoms with E-state index in [1.54, 1.807) is 0 Å². The Morgan fingerprint density at radius 2 is 2.00 bits per heavy atom. The van der Waals surface area contributed by atoms with Crippen LogP contribution < -0.4 is 0 Å². The van der Waals surface area contributed by atoms with Crippen LogP contribution >= 0.6 is 0 Å². The lowest BCUT2D eigenvalue weighted by molar-refractivity contribution is 0.268. The number of rotatable bonds is 1. The van der Waals surface area contributed by atoms with Gasteiger partial charge in [-0.05, 0) is 37.1 Å². The van der Waals surface area contributed by atoms with E-state index in [9.17, 15) is 0 Å². The molecule has 1 N–H and O–H groups in total. The first-order chi connectivity index (χ1) is 8.20. The molecule has 90 valence electrons. The van der Waals surface area contributed by atoms with Gasteiger partial charge in [0.05, 0.1) is 0 Å². The third-order valence-corrected chi connectivity index (χ3v) is 4.07. The fourth-order valence-corrected chi connectivity index (χ4v) is 2.97. The van der Waals surface area contributed by atoms with Gasteiger partial charge in [-0.1, -0.05) is 19.1 Å². The van der Waals surface area contributed by atoms with Crippen molar-refractivity contribution >= 4 is 10.9 Å². The van der Waals surface area contributed by atoms with Gasteiger partial charge in [-0.3, -0.25) is 4.90 Å². The molecule has 1 aliphatic heterocycles. The van der Waals surface area contributed by atoms with Crippen molar-refractivity contribution < 1.29 is 0 Å². The maximum absolute atomic E-state index is 3.64. The van der Waals surface area contributed by atoms with Crippen molar-refractivity contribution in [3.63, 3.8) is 0 Å². The van der Waals surface area contributed by atoms with E-state index in [0.717, 1.165) is 19.5 Å². The number of nitrogens with zero attached hydrogens (tertiary/aromatic N) is 1. The van der Waals surface area contributed by atoms with Crippen LogP contribution in [0.3, 0.4) is 0 Å². The van der Waals surface area contributed by atoms with E-state index in [2.05, 4.69) is 42.8 Å². The molecule has 2 nitrogen and oxygen atoms in total. The Labute approximate surface area is 103 Å². The van der Waals surface area contributed by atoms with Crippen LogP contribution in [0.5, 0.6) is 0 Å². The first-order valence-electron chi connectivity index (χ1n) is 6.52. The van der Waals surface area contributed by atoms with Crippen molar-refractivity contribution in [3.8, 4) is 0 Å². The smallest absolute Gasteiger partial charge is 0.0491 e. The van der Waals surface area contributed by atoms with E-state index in [-0.39, 0.29) is 0 Å². The summed E-state index contributed by atoms with van der Waals surface area (Å²) in [7, 11) is 0. The molecule has 0 atom stereocenters. The largest absolute Gasteiger partial charge is 0.358 e. The van der Waals surface area contributed by atoms with Crippen molar-refractivity contribution in [1.82, 2.24) is 9.88 Å². The quantitative estimate of drug-likeness (QED) is 0.794. The van der Waals surface area contributed by atoms with Crippen LogP contribution in [0.2, 0.25) is 0 Å². The summed E-state index contributed by atoms with van der Waals surface area (Å²) in [5.74, 6) is 0. The normalized spacial score (nSPS) is 16.4. The first kappa shape index (κ1) is 10.8. The highest BCUT2D eigenvalue weighted by Gasteiger charge is 2.21. The number of hydrogen-bond acceptors (Lipinski definition) is 1. The zero-order valence-electron chi connectivity index (χ0n) is 10.9. The van der Waals surface area contributed by atoms with Crippen LogP contribution in [0, 0.1) is 13.8 Å². The maximum Gasteiger partial charge on any atom is 0.0491 e. The van der Waals surface area contributed by atoms with Crippen molar-refractivity contribution in [2.45, 2.75) is 33.7 Å². The van der Waals surface area contributed by atoms with Crippen LogP contribution in [-0.4, -0.2) is 23.0 Å². The van der Waals surface area contributed by atoms with Gasteiger partial charge >= 0.3 is 0 Å². The van der Waals surface area contributed by atoms with Gasteiger partial charge in [0.2, 0.25) is 0 Å². The number of aromatic nitrogens is 1. The van der Waals surface area contributed by atoms with Gasteiger partial charge in [0, 0.05) is 36.1 Å². The standard InChI is InChI=1S/C15H20N2/c1-4-17-8-7-13-12(9-17)14-10(2)5-6-11(3)15(14)16-13/h5-6,16H,4,7-9H2,1-3H3. The van der Waals surface area contributed by atoms with Gasteiger partial charge < -0.3 is 4.98 Å². The highest BCUT2D eigenvalue weighted by molar-refractivity contribution is 5.90. The third kappa shape index (κ3) is 1.59. The fraction of sp³-hybridized carbons (Fsp3) is 0.467. The zero-order chi connectivity index (χ0) is 12.0. The Bertz CT molecular complexity index is 566. The first-order valence-corrected chi connectivity index (χ1v) is 6.52. The van der Waals surface area contributed by atoms with E-state index in [0.29, 0.717) is 0 Å². The number of nitrogens with one attached hydrogen (secondary N) is 1. The van der Waals surface area contributed by atoms with E-state index < -0.39 is 0 Å². The monoisotopic (exact) mass is 228 g/mol. The predicted octanol–water partition coefficient (Wildman–Crippen LogP) is 3.16. The third-order valence-electron chi connectivity index (χ3n) is 4.07. The predicted molar refractivity (Wildman–Crippen MR) is 72.4 cm³/mol. The topological polar surface area (TPSA) is 19.0 Å². The molecular weight excluding hydrogens is 208 g/mol. The summed E-state index contributed by atoms with van der Waals surface area (Å²) in [4.78, 5) is 6.17. The molecule has 2 heteroatoms. The Hall–Kier alpha value is -1.28. The number of benzene rings is 1. The molecule has 2 aromatic rings. The Morgan fingerprint density at radius 3 is 2.76 bits per heavy atom. The molecule has 3 rings (SSSR count). The summed E-state index contributed by atoms with van der Waals surface area (Å²) in [6, 6.07) is 4.47. The minimum Gasteiger partial charge on any atom is -0.358 e. The second kappa shape index (κ2) is 3.88. The lowest BCUT2D eigenvalue weighted by Gasteiger charge is -2.25. The van der Waals surface area contributed by atoms with Crippen molar-refractivity contribution in [2.24, 2.45) is 0 Å². The summed E-state index contributed by atoms with van der Waals surface area (Å²) >= 11 is 0. The number of H-pyrrole nitrogens is 1. The maximum atomic E-state index is 3.64. The van der Waals surface area contributed by atoms with Crippen LogP contribution in [-0.2, 0) is 13.0 Å². The minimum absolute atomic E-state index is 1.11. The van der Waals surface area contributed by atoms with E-state index in [4.69, 9.17) is 0 Å². The van der Waals surface area contributed by atoms with Crippen LogP contribution in [0.1, 0.15) is 29.3 Å². The summed E-state index contributed by atoms with van der Waals surface area (Å²) in [6.45, 7) is 10.1. The molecule has 0 saturated carbocycles. The molecule has 0 fully saturated rings. The molecule has 0 amide bonds. The van der Waals surface area contributed by atoms with Crippen LogP contribution in [0.15, 0.2) is 12.1 Å². The summed E-state index contributed by atoms with van der Waals surface area (Å²) in [5.41, 5.74) is 7.12. The van der Waals surface area contributed by atoms with E-state index in [1.165, 1.54) is 39.8 Å². The summed E-state index contributed by atoms with van der Waals surface area (Å²) in [5, 5.41) is 1.47. The highest BCUT2D eigenvalue weighted by Crippen LogP contribution is 2.31. The van der Waals surface area contributed by atoms with Crippen molar-refractivity contribution in [1.29, 1.82) is 0 Å². The summed E-state index contributed by atoms with van der Waals surface area (Å²) < 4.78 is 0. The second-order valence-corrected chi connectivity index (χ2v) is 5.15. The lowest BCUT2D eigenvalue weighted by atomic mass is 10.00. The molecule has 0 unspecified atom stereocenters. The molecule has 17 heavy (non-hydrogen) atoms. The Kier molecular flexibility index (Phi) is 2.48. The number of hydrogen-bond donors (Lipinski definition) is 1. The Morgan fingerprint density at radius 1 is 1.24 bits per heavy atom. The summed E-state index contributed by atoms with van der Waals surface area (Å²) in [6.07, 6.45) is 1.16. The highest BCUT2D eigenvalue weighted by atomic mass is 15.1. The average molecular weight is 228 g/mol. The number of aryl methyl sites for hydroxylation is 2. The Balaban J connectivity index is 2.24. The molecule has 2 heterocycles. The van der Waals surface area contributed by atoms with Gasteiger partial charge in [0.1, 0.15) is 0 Å². The van der Waals surface area contributed by atoms with Gasteiger partial charge in [0.15, 0.2) is 0 Å². The van der Waals surface area contributed by atoms with Gasteiger partial charge in [-0.25, -0.2) is 0 Å². The molecule has 1 aliphatic rings. The minimum atomic E-state index is 1.11.